The van der Waals surface area contributed by atoms with E-state index in [2.05, 4.69) is 31.4 Å². The summed E-state index contributed by atoms with van der Waals surface area (Å²) in [6.07, 6.45) is 2.09. The zero-order valence-electron chi connectivity index (χ0n) is 13.6. The van der Waals surface area contributed by atoms with Crippen molar-refractivity contribution < 1.29 is 4.74 Å². The van der Waals surface area contributed by atoms with Crippen LogP contribution >= 0.6 is 0 Å². The summed E-state index contributed by atoms with van der Waals surface area (Å²) in [7, 11) is 1.69. The van der Waals surface area contributed by atoms with E-state index in [1.54, 1.807) is 7.11 Å². The summed E-state index contributed by atoms with van der Waals surface area (Å²) in [6, 6.07) is 6.09. The molecule has 0 aliphatic carbocycles. The first kappa shape index (κ1) is 15.8. The van der Waals surface area contributed by atoms with Gasteiger partial charge in [0.2, 0.25) is 0 Å². The van der Waals surface area contributed by atoms with Crippen LogP contribution in [0.15, 0.2) is 18.2 Å². The van der Waals surface area contributed by atoms with Gasteiger partial charge in [0, 0.05) is 19.0 Å². The second kappa shape index (κ2) is 6.94. The number of aromatic nitrogens is 2. The Labute approximate surface area is 127 Å². The van der Waals surface area contributed by atoms with Crippen LogP contribution in [-0.2, 0) is 13.0 Å². The van der Waals surface area contributed by atoms with E-state index >= 15 is 0 Å². The predicted octanol–water partition coefficient (Wildman–Crippen LogP) is 3.23. The quantitative estimate of drug-likeness (QED) is 0.851. The molecular weight excluding hydrogens is 262 g/mol. The van der Waals surface area contributed by atoms with Gasteiger partial charge in [0.25, 0.3) is 0 Å². The molecule has 0 saturated carbocycles. The third-order valence-corrected chi connectivity index (χ3v) is 3.96. The largest absolute Gasteiger partial charge is 0.497 e. The number of methoxy groups -OCH3 is 1. The Bertz CT molecular complexity index is 589. The van der Waals surface area contributed by atoms with Crippen molar-refractivity contribution in [3.63, 3.8) is 0 Å². The highest BCUT2D eigenvalue weighted by atomic mass is 16.5. The average molecular weight is 289 g/mol. The van der Waals surface area contributed by atoms with Gasteiger partial charge in [0.15, 0.2) is 0 Å². The van der Waals surface area contributed by atoms with Crippen molar-refractivity contribution >= 4 is 11.0 Å². The van der Waals surface area contributed by atoms with Crippen molar-refractivity contribution in [3.8, 4) is 5.75 Å². The molecule has 1 aromatic carbocycles. The first-order chi connectivity index (χ1) is 10.1. The van der Waals surface area contributed by atoms with Crippen LogP contribution in [0.5, 0.6) is 5.75 Å². The second-order valence-corrected chi connectivity index (χ2v) is 6.06. The molecule has 0 bridgehead atoms. The van der Waals surface area contributed by atoms with Crippen molar-refractivity contribution in [1.29, 1.82) is 0 Å². The summed E-state index contributed by atoms with van der Waals surface area (Å²) in [5.74, 6) is 3.15. The van der Waals surface area contributed by atoms with Crippen molar-refractivity contribution in [2.45, 2.75) is 40.2 Å². The molecular formula is C17H27N3O. The van der Waals surface area contributed by atoms with Crippen molar-refractivity contribution in [2.75, 3.05) is 13.7 Å². The van der Waals surface area contributed by atoms with Gasteiger partial charge in [-0.2, -0.15) is 0 Å². The Balaban J connectivity index is 2.33. The molecule has 0 spiro atoms. The van der Waals surface area contributed by atoms with E-state index in [1.807, 2.05) is 12.1 Å². The standard InChI is InChI=1S/C17H27N3O/c1-5-20-16-7-6-14(21-4)10-15(16)19-17(20)9-13(11-18)8-12(2)3/h6-7,10,12-13H,5,8-9,11,18H2,1-4H3. The smallest absolute Gasteiger partial charge is 0.121 e. The Kier molecular flexibility index (Phi) is 5.23. The van der Waals surface area contributed by atoms with Crippen LogP contribution in [-0.4, -0.2) is 23.2 Å². The summed E-state index contributed by atoms with van der Waals surface area (Å²) in [5.41, 5.74) is 8.12. The number of fused-ring (bicyclic) bond motifs is 1. The molecule has 2 rings (SSSR count). The number of benzene rings is 1. The lowest BCUT2D eigenvalue weighted by molar-refractivity contribution is 0.404. The first-order valence-corrected chi connectivity index (χ1v) is 7.82. The molecule has 2 N–H and O–H groups in total. The fraction of sp³-hybridized carbons (Fsp3) is 0.588. The maximum Gasteiger partial charge on any atom is 0.121 e. The van der Waals surface area contributed by atoms with Crippen LogP contribution in [0.2, 0.25) is 0 Å². The molecule has 2 aromatic rings. The van der Waals surface area contributed by atoms with Gasteiger partial charge in [-0.05, 0) is 43.9 Å². The van der Waals surface area contributed by atoms with E-state index in [-0.39, 0.29) is 0 Å². The van der Waals surface area contributed by atoms with Gasteiger partial charge < -0.3 is 15.0 Å². The molecule has 0 aliphatic heterocycles. The minimum atomic E-state index is 0.494. The van der Waals surface area contributed by atoms with Gasteiger partial charge in [-0.1, -0.05) is 13.8 Å². The number of imidazole rings is 1. The molecule has 4 nitrogen and oxygen atoms in total. The summed E-state index contributed by atoms with van der Waals surface area (Å²) in [5, 5.41) is 0. The Morgan fingerprint density at radius 1 is 1.33 bits per heavy atom. The van der Waals surface area contributed by atoms with E-state index in [9.17, 15) is 0 Å². The second-order valence-electron chi connectivity index (χ2n) is 6.06. The molecule has 116 valence electrons. The zero-order chi connectivity index (χ0) is 15.4. The van der Waals surface area contributed by atoms with Crippen LogP contribution in [0.1, 0.15) is 33.0 Å². The molecule has 1 unspecified atom stereocenters. The first-order valence-electron chi connectivity index (χ1n) is 7.82. The summed E-state index contributed by atoms with van der Waals surface area (Å²) in [6.45, 7) is 8.30. The van der Waals surface area contributed by atoms with Crippen LogP contribution in [0, 0.1) is 11.8 Å². The van der Waals surface area contributed by atoms with Gasteiger partial charge in [-0.15, -0.1) is 0 Å². The van der Waals surface area contributed by atoms with E-state index in [4.69, 9.17) is 15.5 Å². The van der Waals surface area contributed by atoms with Gasteiger partial charge in [0.05, 0.1) is 18.1 Å². The Morgan fingerprint density at radius 2 is 2.10 bits per heavy atom. The highest BCUT2D eigenvalue weighted by Gasteiger charge is 2.16. The van der Waals surface area contributed by atoms with Gasteiger partial charge in [-0.25, -0.2) is 4.98 Å². The lowest BCUT2D eigenvalue weighted by atomic mass is 9.94. The summed E-state index contributed by atoms with van der Waals surface area (Å²) >= 11 is 0. The van der Waals surface area contributed by atoms with Crippen LogP contribution in [0.25, 0.3) is 11.0 Å². The number of aryl methyl sites for hydroxylation is 1. The van der Waals surface area contributed by atoms with E-state index in [0.717, 1.165) is 36.5 Å². The SMILES string of the molecule is CCn1c(CC(CN)CC(C)C)nc2cc(OC)ccc21. The van der Waals surface area contributed by atoms with E-state index in [1.165, 1.54) is 5.52 Å². The normalized spacial score (nSPS) is 13.0. The molecule has 1 aromatic heterocycles. The van der Waals surface area contributed by atoms with Crippen LogP contribution in [0.3, 0.4) is 0 Å². The van der Waals surface area contributed by atoms with E-state index < -0.39 is 0 Å². The number of nitrogens with zero attached hydrogens (tertiary/aromatic N) is 2. The fourth-order valence-corrected chi connectivity index (χ4v) is 2.98. The molecule has 0 aliphatic rings. The zero-order valence-corrected chi connectivity index (χ0v) is 13.6. The summed E-state index contributed by atoms with van der Waals surface area (Å²) < 4.78 is 7.58. The van der Waals surface area contributed by atoms with Crippen molar-refractivity contribution in [3.05, 3.63) is 24.0 Å². The van der Waals surface area contributed by atoms with Crippen molar-refractivity contribution in [1.82, 2.24) is 9.55 Å². The predicted molar refractivity (Wildman–Crippen MR) is 87.7 cm³/mol. The molecule has 0 radical (unpaired) electrons. The van der Waals surface area contributed by atoms with E-state index in [0.29, 0.717) is 18.4 Å². The van der Waals surface area contributed by atoms with Gasteiger partial charge in [0.1, 0.15) is 11.6 Å². The topological polar surface area (TPSA) is 53.1 Å². The van der Waals surface area contributed by atoms with Gasteiger partial charge in [-0.3, -0.25) is 0 Å². The molecule has 4 heteroatoms. The fourth-order valence-electron chi connectivity index (χ4n) is 2.98. The highest BCUT2D eigenvalue weighted by Crippen LogP contribution is 2.24. The molecule has 0 saturated heterocycles. The molecule has 1 atom stereocenters. The minimum Gasteiger partial charge on any atom is -0.497 e. The third-order valence-electron chi connectivity index (χ3n) is 3.96. The number of ether oxygens (including phenoxy) is 1. The lowest BCUT2D eigenvalue weighted by Gasteiger charge is -2.17. The number of rotatable bonds is 7. The monoisotopic (exact) mass is 289 g/mol. The highest BCUT2D eigenvalue weighted by molar-refractivity contribution is 5.77. The number of hydrogen-bond donors (Lipinski definition) is 1. The maximum atomic E-state index is 5.94. The number of hydrogen-bond acceptors (Lipinski definition) is 3. The van der Waals surface area contributed by atoms with Crippen LogP contribution < -0.4 is 10.5 Å². The number of nitrogens with two attached hydrogens (primary N) is 1. The lowest BCUT2D eigenvalue weighted by Crippen LogP contribution is -2.20. The molecule has 21 heavy (non-hydrogen) atoms. The summed E-state index contributed by atoms with van der Waals surface area (Å²) in [4.78, 5) is 4.81. The molecule has 1 heterocycles. The Hall–Kier alpha value is -1.55. The van der Waals surface area contributed by atoms with Gasteiger partial charge >= 0.3 is 0 Å². The Morgan fingerprint density at radius 3 is 2.67 bits per heavy atom. The third kappa shape index (κ3) is 3.56. The van der Waals surface area contributed by atoms with Crippen LogP contribution in [0.4, 0.5) is 0 Å². The average Bonchev–Trinajstić information content (AvgIpc) is 2.81. The molecule has 0 amide bonds. The van der Waals surface area contributed by atoms with Crippen molar-refractivity contribution in [2.24, 2.45) is 17.6 Å². The minimum absolute atomic E-state index is 0.494. The molecule has 0 fully saturated rings. The maximum absolute atomic E-state index is 5.94.